The highest BCUT2D eigenvalue weighted by Gasteiger charge is 2.19. The van der Waals surface area contributed by atoms with Crippen LogP contribution in [0.4, 0.5) is 0 Å². The SMILES string of the molecule is COc1ccccc1C(=O)COC(=O)[C@H](C)NC(=O)/C=C/c1ccccc1. The number of carbonyl (C=O) groups is 3. The molecule has 2 aromatic rings. The van der Waals surface area contributed by atoms with E-state index in [2.05, 4.69) is 5.32 Å². The number of para-hydroxylation sites is 1. The van der Waals surface area contributed by atoms with Crippen molar-refractivity contribution in [1.29, 1.82) is 0 Å². The lowest BCUT2D eigenvalue weighted by Crippen LogP contribution is -2.39. The molecule has 0 saturated carbocycles. The number of amides is 1. The van der Waals surface area contributed by atoms with Gasteiger partial charge in [0.2, 0.25) is 11.7 Å². The zero-order chi connectivity index (χ0) is 19.6. The second-order valence-electron chi connectivity index (χ2n) is 5.71. The van der Waals surface area contributed by atoms with Crippen LogP contribution >= 0.6 is 0 Å². The predicted molar refractivity (Wildman–Crippen MR) is 101 cm³/mol. The van der Waals surface area contributed by atoms with Crippen molar-refractivity contribution >= 4 is 23.7 Å². The maximum Gasteiger partial charge on any atom is 0.328 e. The Morgan fingerprint density at radius 3 is 2.41 bits per heavy atom. The summed E-state index contributed by atoms with van der Waals surface area (Å²) in [5.41, 5.74) is 1.19. The van der Waals surface area contributed by atoms with Gasteiger partial charge in [-0.05, 0) is 30.7 Å². The maximum absolute atomic E-state index is 12.2. The highest BCUT2D eigenvalue weighted by Crippen LogP contribution is 2.17. The summed E-state index contributed by atoms with van der Waals surface area (Å²) < 4.78 is 10.1. The normalized spacial score (nSPS) is 11.6. The maximum atomic E-state index is 12.2. The average molecular weight is 367 g/mol. The van der Waals surface area contributed by atoms with E-state index in [4.69, 9.17) is 9.47 Å². The third kappa shape index (κ3) is 6.11. The highest BCUT2D eigenvalue weighted by atomic mass is 16.5. The van der Waals surface area contributed by atoms with Gasteiger partial charge in [0.1, 0.15) is 11.8 Å². The summed E-state index contributed by atoms with van der Waals surface area (Å²) in [6.45, 7) is 1.06. The molecule has 0 heterocycles. The predicted octanol–water partition coefficient (Wildman–Crippen LogP) is 2.64. The summed E-state index contributed by atoms with van der Waals surface area (Å²) in [5, 5.41) is 2.50. The molecule has 1 amide bonds. The third-order valence-corrected chi connectivity index (χ3v) is 3.69. The van der Waals surface area contributed by atoms with Crippen LogP contribution in [0.5, 0.6) is 5.75 Å². The molecule has 2 aromatic carbocycles. The highest BCUT2D eigenvalue weighted by molar-refractivity contribution is 6.00. The fourth-order valence-corrected chi connectivity index (χ4v) is 2.27. The number of nitrogens with one attached hydrogen (secondary N) is 1. The fourth-order valence-electron chi connectivity index (χ4n) is 2.27. The molecule has 0 spiro atoms. The Balaban J connectivity index is 1.83. The van der Waals surface area contributed by atoms with Crippen molar-refractivity contribution in [2.24, 2.45) is 0 Å². The third-order valence-electron chi connectivity index (χ3n) is 3.69. The van der Waals surface area contributed by atoms with Crippen LogP contribution in [0.15, 0.2) is 60.7 Å². The van der Waals surface area contributed by atoms with Crippen LogP contribution in [0.1, 0.15) is 22.8 Å². The van der Waals surface area contributed by atoms with Crippen molar-refractivity contribution < 1.29 is 23.9 Å². The summed E-state index contributed by atoms with van der Waals surface area (Å²) in [6, 6.07) is 15.1. The quantitative estimate of drug-likeness (QED) is 0.441. The molecule has 0 aliphatic rings. The molecule has 0 unspecified atom stereocenters. The van der Waals surface area contributed by atoms with Crippen molar-refractivity contribution in [2.75, 3.05) is 13.7 Å². The molecule has 6 heteroatoms. The molecule has 0 aliphatic heterocycles. The van der Waals surface area contributed by atoms with E-state index < -0.39 is 24.5 Å². The molecule has 0 radical (unpaired) electrons. The zero-order valence-electron chi connectivity index (χ0n) is 15.2. The van der Waals surface area contributed by atoms with Crippen molar-refractivity contribution in [3.05, 3.63) is 71.8 Å². The van der Waals surface area contributed by atoms with Crippen LogP contribution < -0.4 is 10.1 Å². The van der Waals surface area contributed by atoms with E-state index in [1.165, 1.54) is 20.1 Å². The summed E-state index contributed by atoms with van der Waals surface area (Å²) in [5.74, 6) is -1.10. The Hall–Kier alpha value is -3.41. The van der Waals surface area contributed by atoms with E-state index in [-0.39, 0.29) is 5.78 Å². The standard InChI is InChI=1S/C21H21NO5/c1-15(22-20(24)13-12-16-8-4-3-5-9-16)21(25)27-14-18(23)17-10-6-7-11-19(17)26-2/h3-13,15H,14H2,1-2H3,(H,22,24)/b13-12+/t15-/m0/s1. The second-order valence-corrected chi connectivity index (χ2v) is 5.71. The van der Waals surface area contributed by atoms with Crippen LogP contribution in [-0.2, 0) is 14.3 Å². The van der Waals surface area contributed by atoms with Crippen LogP contribution in [0.25, 0.3) is 6.08 Å². The molecular formula is C21H21NO5. The molecule has 1 atom stereocenters. The fraction of sp³-hybridized carbons (Fsp3) is 0.190. The minimum atomic E-state index is -0.886. The molecular weight excluding hydrogens is 346 g/mol. The van der Waals surface area contributed by atoms with E-state index in [1.54, 1.807) is 30.3 Å². The lowest BCUT2D eigenvalue weighted by atomic mass is 10.1. The van der Waals surface area contributed by atoms with Gasteiger partial charge in [-0.15, -0.1) is 0 Å². The number of ketones is 1. The molecule has 0 aliphatic carbocycles. The molecule has 140 valence electrons. The number of methoxy groups -OCH3 is 1. The lowest BCUT2D eigenvalue weighted by molar-refractivity contribution is -0.145. The van der Waals surface area contributed by atoms with Gasteiger partial charge in [-0.25, -0.2) is 4.79 Å². The largest absolute Gasteiger partial charge is 0.496 e. The Labute approximate surface area is 157 Å². The van der Waals surface area contributed by atoms with Gasteiger partial charge in [0.25, 0.3) is 0 Å². The van der Waals surface area contributed by atoms with Gasteiger partial charge in [-0.2, -0.15) is 0 Å². The van der Waals surface area contributed by atoms with Gasteiger partial charge in [0.05, 0.1) is 12.7 Å². The van der Waals surface area contributed by atoms with Crippen LogP contribution in [-0.4, -0.2) is 37.4 Å². The van der Waals surface area contributed by atoms with Gasteiger partial charge in [0, 0.05) is 6.08 Å². The van der Waals surface area contributed by atoms with Gasteiger partial charge >= 0.3 is 5.97 Å². The number of rotatable bonds is 8. The number of hydrogen-bond donors (Lipinski definition) is 1. The van der Waals surface area contributed by atoms with Crippen molar-refractivity contribution in [3.63, 3.8) is 0 Å². The molecule has 6 nitrogen and oxygen atoms in total. The van der Waals surface area contributed by atoms with Crippen molar-refractivity contribution in [2.45, 2.75) is 13.0 Å². The molecule has 0 aromatic heterocycles. The van der Waals surface area contributed by atoms with Gasteiger partial charge in [-0.1, -0.05) is 42.5 Å². The Morgan fingerprint density at radius 1 is 1.04 bits per heavy atom. The lowest BCUT2D eigenvalue weighted by Gasteiger charge is -2.12. The molecule has 0 saturated heterocycles. The van der Waals surface area contributed by atoms with E-state index >= 15 is 0 Å². The number of hydrogen-bond acceptors (Lipinski definition) is 5. The number of benzene rings is 2. The molecule has 0 bridgehead atoms. The van der Waals surface area contributed by atoms with E-state index in [0.717, 1.165) is 5.56 Å². The van der Waals surface area contributed by atoms with Crippen LogP contribution in [0, 0.1) is 0 Å². The van der Waals surface area contributed by atoms with E-state index in [1.807, 2.05) is 30.3 Å². The minimum Gasteiger partial charge on any atom is -0.496 e. The first kappa shape index (κ1) is 19.9. The second kappa shape index (κ2) is 9.91. The smallest absolute Gasteiger partial charge is 0.328 e. The van der Waals surface area contributed by atoms with Crippen molar-refractivity contribution in [1.82, 2.24) is 5.32 Å². The topological polar surface area (TPSA) is 81.7 Å². The number of esters is 1. The number of Topliss-reactive ketones (excluding diaryl/α,β-unsaturated/α-hetero) is 1. The van der Waals surface area contributed by atoms with Crippen LogP contribution in [0.3, 0.4) is 0 Å². The summed E-state index contributed by atoms with van der Waals surface area (Å²) in [7, 11) is 1.46. The van der Waals surface area contributed by atoms with Crippen LogP contribution in [0.2, 0.25) is 0 Å². The van der Waals surface area contributed by atoms with E-state index in [0.29, 0.717) is 11.3 Å². The Morgan fingerprint density at radius 2 is 1.70 bits per heavy atom. The summed E-state index contributed by atoms with van der Waals surface area (Å²) in [6.07, 6.45) is 2.97. The van der Waals surface area contributed by atoms with Gasteiger partial charge in [0.15, 0.2) is 6.61 Å². The summed E-state index contributed by atoms with van der Waals surface area (Å²) in [4.78, 5) is 36.1. The first-order valence-corrected chi connectivity index (χ1v) is 8.37. The van der Waals surface area contributed by atoms with E-state index in [9.17, 15) is 14.4 Å². The molecule has 2 rings (SSSR count). The first-order valence-electron chi connectivity index (χ1n) is 8.37. The Kier molecular flexibility index (Phi) is 7.31. The Bertz CT molecular complexity index is 829. The van der Waals surface area contributed by atoms with Crippen molar-refractivity contribution in [3.8, 4) is 5.75 Å². The summed E-state index contributed by atoms with van der Waals surface area (Å²) >= 11 is 0. The van der Waals surface area contributed by atoms with Gasteiger partial charge < -0.3 is 14.8 Å². The minimum absolute atomic E-state index is 0.329. The van der Waals surface area contributed by atoms with Gasteiger partial charge in [-0.3, -0.25) is 9.59 Å². The first-order chi connectivity index (χ1) is 13.0. The number of carbonyl (C=O) groups excluding carboxylic acids is 3. The molecule has 1 N–H and O–H groups in total. The monoisotopic (exact) mass is 367 g/mol. The average Bonchev–Trinajstić information content (AvgIpc) is 2.70. The number of ether oxygens (including phenoxy) is 2. The molecule has 27 heavy (non-hydrogen) atoms. The molecule has 0 fully saturated rings. The zero-order valence-corrected chi connectivity index (χ0v) is 15.2.